The molecule has 4 fully saturated rings. The van der Waals surface area contributed by atoms with Crippen molar-refractivity contribution in [3.63, 3.8) is 0 Å². The van der Waals surface area contributed by atoms with Gasteiger partial charge in [0.25, 0.3) is 5.92 Å². The van der Waals surface area contributed by atoms with E-state index >= 15 is 8.78 Å². The lowest BCUT2D eigenvalue weighted by molar-refractivity contribution is 0.0481. The van der Waals surface area contributed by atoms with Crippen LogP contribution in [-0.4, -0.2) is 32.5 Å². The summed E-state index contributed by atoms with van der Waals surface area (Å²) in [5.74, 6) is -0.571. The molecule has 1 spiro atoms. The van der Waals surface area contributed by atoms with Crippen LogP contribution >= 0.6 is 0 Å². The molecule has 4 N–H and O–H groups in total. The maximum Gasteiger partial charge on any atom is 0.299 e. The number of fused-ring (bicyclic) bond motifs is 6. The van der Waals surface area contributed by atoms with Gasteiger partial charge in [-0.3, -0.25) is 0 Å². The van der Waals surface area contributed by atoms with E-state index in [0.717, 1.165) is 58.0 Å². The summed E-state index contributed by atoms with van der Waals surface area (Å²) in [5, 5.41) is 7.29. The van der Waals surface area contributed by atoms with Gasteiger partial charge < -0.3 is 20.6 Å². The van der Waals surface area contributed by atoms with E-state index < -0.39 is 5.92 Å². The molecule has 2 bridgehead atoms. The first-order chi connectivity index (χ1) is 20.9. The Hall–Kier alpha value is -3.88. The minimum Gasteiger partial charge on any atom is -0.341 e. The number of hydrogen-bond acceptors (Lipinski definition) is 4. The number of imidazole rings is 2. The van der Waals surface area contributed by atoms with Crippen LogP contribution in [0.5, 0.6) is 0 Å². The van der Waals surface area contributed by atoms with Crippen LogP contribution in [0.3, 0.4) is 0 Å². The van der Waals surface area contributed by atoms with Gasteiger partial charge in [-0.05, 0) is 96.4 Å². The average Bonchev–Trinajstić information content (AvgIpc) is 3.68. The van der Waals surface area contributed by atoms with Gasteiger partial charge in [0.2, 0.25) is 0 Å². The predicted octanol–water partition coefficient (Wildman–Crippen LogP) is 7.37. The second-order valence-electron chi connectivity index (χ2n) is 13.7. The summed E-state index contributed by atoms with van der Waals surface area (Å²) in [6.45, 7) is 1.04. The number of hydrogen-bond donors (Lipinski definition) is 4. The fourth-order valence-corrected chi connectivity index (χ4v) is 8.42. The highest BCUT2D eigenvalue weighted by Gasteiger charge is 2.49. The Morgan fingerprint density at radius 1 is 0.814 bits per heavy atom. The molecule has 2 saturated carbocycles. The van der Waals surface area contributed by atoms with E-state index in [4.69, 9.17) is 4.98 Å². The molecule has 0 radical (unpaired) electrons. The number of piperidine rings is 1. The highest BCUT2D eigenvalue weighted by atomic mass is 19.3. The minimum atomic E-state index is -3.09. The van der Waals surface area contributed by atoms with Crippen molar-refractivity contribution >= 4 is 11.0 Å². The lowest BCUT2D eigenvalue weighted by Gasteiger charge is -2.20. The van der Waals surface area contributed by atoms with Crippen molar-refractivity contribution in [2.24, 2.45) is 11.3 Å². The molecule has 2 aliphatic heterocycles. The Balaban J connectivity index is 0.956. The lowest BCUT2D eigenvalue weighted by Crippen LogP contribution is -2.29. The third kappa shape index (κ3) is 3.63. The van der Waals surface area contributed by atoms with Gasteiger partial charge in [-0.15, -0.1) is 0 Å². The number of aromatic amines is 2. The summed E-state index contributed by atoms with van der Waals surface area (Å²) < 4.78 is 32.2. The molecule has 3 aromatic carbocycles. The van der Waals surface area contributed by atoms with Gasteiger partial charge in [-0.2, -0.15) is 8.78 Å². The van der Waals surface area contributed by atoms with Gasteiger partial charge in [-0.1, -0.05) is 30.3 Å². The Kier molecular flexibility index (Phi) is 4.79. The molecule has 8 heteroatoms. The van der Waals surface area contributed by atoms with Crippen LogP contribution in [0.2, 0.25) is 0 Å². The summed E-state index contributed by atoms with van der Waals surface area (Å²) in [4.78, 5) is 16.4. The number of nitrogens with one attached hydrogen (secondary N) is 4. The highest BCUT2D eigenvalue weighted by Crippen LogP contribution is 2.55. The average molecular weight is 575 g/mol. The molecule has 5 aromatic rings. The van der Waals surface area contributed by atoms with Gasteiger partial charge in [0.1, 0.15) is 11.6 Å². The molecule has 0 unspecified atom stereocenters. The summed E-state index contributed by atoms with van der Waals surface area (Å²) in [5.41, 5.74) is 6.79. The quantitative estimate of drug-likeness (QED) is 0.181. The fraction of sp³-hybridized carbons (Fsp3) is 0.371. The summed E-state index contributed by atoms with van der Waals surface area (Å²) in [6.07, 6.45) is 9.16. The van der Waals surface area contributed by atoms with Crippen molar-refractivity contribution in [3.8, 4) is 33.5 Å². The molecule has 5 aliphatic rings. The predicted molar refractivity (Wildman–Crippen MR) is 162 cm³/mol. The maximum atomic E-state index is 16.1. The number of nitrogens with zero attached hydrogens (tertiary/aromatic N) is 2. The Morgan fingerprint density at radius 3 is 2.33 bits per heavy atom. The number of alkyl halides is 2. The summed E-state index contributed by atoms with van der Waals surface area (Å²) >= 11 is 0. The third-order valence-electron chi connectivity index (χ3n) is 11.0. The number of rotatable bonds is 4. The number of benzene rings is 3. The van der Waals surface area contributed by atoms with Crippen molar-refractivity contribution in [1.29, 1.82) is 0 Å². The third-order valence-corrected chi connectivity index (χ3v) is 11.0. The van der Waals surface area contributed by atoms with Gasteiger partial charge >= 0.3 is 0 Å². The zero-order valence-electron chi connectivity index (χ0n) is 23.7. The molecule has 3 aliphatic carbocycles. The summed E-state index contributed by atoms with van der Waals surface area (Å²) in [6, 6.07) is 18.0. The highest BCUT2D eigenvalue weighted by molar-refractivity contribution is 5.86. The zero-order valence-corrected chi connectivity index (χ0v) is 23.7. The maximum absolute atomic E-state index is 16.1. The monoisotopic (exact) mass is 574 g/mol. The van der Waals surface area contributed by atoms with E-state index in [9.17, 15) is 0 Å². The molecule has 0 amide bonds. The van der Waals surface area contributed by atoms with Crippen LogP contribution in [-0.2, 0) is 5.92 Å². The van der Waals surface area contributed by atoms with Gasteiger partial charge in [0.05, 0.1) is 35.0 Å². The van der Waals surface area contributed by atoms with E-state index in [-0.39, 0.29) is 23.2 Å². The first-order valence-corrected chi connectivity index (χ1v) is 15.6. The van der Waals surface area contributed by atoms with E-state index in [0.29, 0.717) is 28.5 Å². The van der Waals surface area contributed by atoms with Crippen molar-refractivity contribution in [2.75, 3.05) is 6.54 Å². The van der Waals surface area contributed by atoms with Crippen molar-refractivity contribution < 1.29 is 8.78 Å². The Labute approximate surface area is 247 Å². The van der Waals surface area contributed by atoms with Crippen molar-refractivity contribution in [3.05, 3.63) is 83.6 Å². The van der Waals surface area contributed by atoms with E-state index in [1.54, 1.807) is 18.3 Å². The Morgan fingerprint density at radius 2 is 1.58 bits per heavy atom. The largest absolute Gasteiger partial charge is 0.341 e. The molecule has 4 atom stereocenters. The molecule has 43 heavy (non-hydrogen) atoms. The topological polar surface area (TPSA) is 81.4 Å². The number of halogens is 2. The van der Waals surface area contributed by atoms with Crippen LogP contribution in [0.25, 0.3) is 44.5 Å². The molecular formula is C35H32F2N6. The number of H-pyrrole nitrogens is 2. The van der Waals surface area contributed by atoms with Crippen LogP contribution in [0.1, 0.15) is 73.4 Å². The first-order valence-electron chi connectivity index (χ1n) is 15.6. The molecule has 6 nitrogen and oxygen atoms in total. The fourth-order valence-electron chi connectivity index (χ4n) is 8.42. The number of aromatic nitrogens is 4. The standard InChI is InChI=1S/C35H32F2N6/c36-35(37)25-12-18(19-4-8-27-28(14-19)42-33(41-27)31-21-1-5-22(11-21)40-31)2-6-23(25)24-7-3-20(13-26(24)35)30-16-38-32(43-30)29-15-34(9-10-34)17-39-29/h2-4,6-8,12-14,16,21-22,29,31,39-40H,1,5,9-11,15,17H2,(H,38,43)(H,41,42)/t21-,22+,29-,31-/m0/s1. The Bertz CT molecular complexity index is 1950. The van der Waals surface area contributed by atoms with E-state index in [2.05, 4.69) is 25.6 Å². The lowest BCUT2D eigenvalue weighted by atomic mass is 9.98. The van der Waals surface area contributed by atoms with Crippen molar-refractivity contribution in [1.82, 2.24) is 30.6 Å². The van der Waals surface area contributed by atoms with Crippen LogP contribution in [0.15, 0.2) is 60.8 Å². The smallest absolute Gasteiger partial charge is 0.299 e. The summed E-state index contributed by atoms with van der Waals surface area (Å²) in [7, 11) is 0. The first kappa shape index (κ1) is 24.6. The zero-order chi connectivity index (χ0) is 28.5. The molecular weight excluding hydrogens is 542 g/mol. The SMILES string of the molecule is FC1(F)c2cc(-c3ccc4nc([C@H]5N[C@@H]6CC[C@H]5C6)[nH]c4c3)ccc2-c2ccc(-c3cnc([C@@H]4CC5(CC5)CN4)[nH]3)cc21. The molecule has 4 heterocycles. The van der Waals surface area contributed by atoms with Gasteiger partial charge in [-0.25, -0.2) is 9.97 Å². The molecule has 216 valence electrons. The second kappa shape index (κ2) is 8.39. The molecule has 2 saturated heterocycles. The normalized spacial score (nSPS) is 27.3. The van der Waals surface area contributed by atoms with Gasteiger partial charge in [0, 0.05) is 29.3 Å². The van der Waals surface area contributed by atoms with Crippen LogP contribution < -0.4 is 10.6 Å². The van der Waals surface area contributed by atoms with Crippen LogP contribution in [0.4, 0.5) is 8.78 Å². The molecule has 2 aromatic heterocycles. The van der Waals surface area contributed by atoms with Gasteiger partial charge in [0.15, 0.2) is 0 Å². The van der Waals surface area contributed by atoms with E-state index in [1.807, 2.05) is 42.5 Å². The van der Waals surface area contributed by atoms with E-state index in [1.165, 1.54) is 32.1 Å². The van der Waals surface area contributed by atoms with Crippen LogP contribution in [0, 0.1) is 11.3 Å². The minimum absolute atomic E-state index is 0.0521. The second-order valence-corrected chi connectivity index (χ2v) is 13.7. The van der Waals surface area contributed by atoms with Crippen molar-refractivity contribution in [2.45, 2.75) is 62.6 Å². The molecule has 10 rings (SSSR count).